The minimum absolute atomic E-state index is 0.253. The van der Waals surface area contributed by atoms with Gasteiger partial charge in [0, 0.05) is 56.8 Å². The SMILES string of the molecule is CCNC(=NCc1oc2ccc(F)cc2c1C)N1CCN(CC(=O)N2CCCC2)CC1. The van der Waals surface area contributed by atoms with Crippen LogP contribution < -0.4 is 5.32 Å². The molecule has 8 heteroatoms. The third-order valence-electron chi connectivity index (χ3n) is 6.19. The number of aryl methyl sites for hydroxylation is 1. The summed E-state index contributed by atoms with van der Waals surface area (Å²) in [6, 6.07) is 4.59. The molecule has 0 bridgehead atoms. The molecule has 1 amide bonds. The van der Waals surface area contributed by atoms with Crippen LogP contribution in [0.3, 0.4) is 0 Å². The lowest BCUT2D eigenvalue weighted by molar-refractivity contribution is -0.131. The Morgan fingerprint density at radius 2 is 1.87 bits per heavy atom. The summed E-state index contributed by atoms with van der Waals surface area (Å²) in [6.45, 7) is 10.8. The van der Waals surface area contributed by atoms with Gasteiger partial charge >= 0.3 is 0 Å². The topological polar surface area (TPSA) is 64.3 Å². The van der Waals surface area contributed by atoms with Crippen molar-refractivity contribution in [1.82, 2.24) is 20.0 Å². The van der Waals surface area contributed by atoms with Crippen molar-refractivity contribution in [2.24, 2.45) is 4.99 Å². The zero-order valence-electron chi connectivity index (χ0n) is 18.5. The number of amides is 1. The molecule has 2 saturated heterocycles. The van der Waals surface area contributed by atoms with E-state index in [4.69, 9.17) is 9.41 Å². The number of likely N-dealkylation sites (tertiary alicyclic amines) is 1. The van der Waals surface area contributed by atoms with Crippen LogP contribution in [0, 0.1) is 12.7 Å². The zero-order chi connectivity index (χ0) is 21.8. The molecule has 0 atom stereocenters. The van der Waals surface area contributed by atoms with Gasteiger partial charge in [0.2, 0.25) is 5.91 Å². The maximum absolute atomic E-state index is 13.6. The number of carbonyl (C=O) groups is 1. The summed E-state index contributed by atoms with van der Waals surface area (Å²) >= 11 is 0. The van der Waals surface area contributed by atoms with Crippen LogP contribution in [0.5, 0.6) is 0 Å². The van der Waals surface area contributed by atoms with Crippen LogP contribution in [-0.4, -0.2) is 78.9 Å². The van der Waals surface area contributed by atoms with Crippen molar-refractivity contribution in [2.45, 2.75) is 33.2 Å². The number of guanidine groups is 1. The first-order valence-electron chi connectivity index (χ1n) is 11.3. The van der Waals surface area contributed by atoms with Crippen molar-refractivity contribution in [1.29, 1.82) is 0 Å². The molecule has 2 aliphatic heterocycles. The number of nitrogens with one attached hydrogen (secondary N) is 1. The van der Waals surface area contributed by atoms with Crippen molar-refractivity contribution < 1.29 is 13.6 Å². The molecule has 0 saturated carbocycles. The van der Waals surface area contributed by atoms with E-state index in [-0.39, 0.29) is 11.7 Å². The predicted octanol–water partition coefficient (Wildman–Crippen LogP) is 2.59. The van der Waals surface area contributed by atoms with Crippen LogP contribution in [0.15, 0.2) is 27.6 Å². The van der Waals surface area contributed by atoms with Crippen molar-refractivity contribution in [3.8, 4) is 0 Å². The zero-order valence-corrected chi connectivity index (χ0v) is 18.5. The minimum Gasteiger partial charge on any atom is -0.459 e. The molecule has 31 heavy (non-hydrogen) atoms. The monoisotopic (exact) mass is 429 g/mol. The summed E-state index contributed by atoms with van der Waals surface area (Å²) in [5, 5.41) is 4.16. The average Bonchev–Trinajstić information content (AvgIpc) is 3.41. The number of carbonyl (C=O) groups excluding carboxylic acids is 1. The summed E-state index contributed by atoms with van der Waals surface area (Å²) < 4.78 is 19.5. The molecule has 2 aliphatic rings. The summed E-state index contributed by atoms with van der Waals surface area (Å²) in [5.74, 6) is 1.59. The second-order valence-corrected chi connectivity index (χ2v) is 8.31. The van der Waals surface area contributed by atoms with Gasteiger partial charge in [-0.25, -0.2) is 9.38 Å². The first-order chi connectivity index (χ1) is 15.0. The van der Waals surface area contributed by atoms with Gasteiger partial charge in [0.05, 0.1) is 6.54 Å². The van der Waals surface area contributed by atoms with E-state index >= 15 is 0 Å². The van der Waals surface area contributed by atoms with Crippen molar-refractivity contribution in [3.05, 3.63) is 35.3 Å². The van der Waals surface area contributed by atoms with Crippen LogP contribution in [0.4, 0.5) is 4.39 Å². The minimum atomic E-state index is -0.263. The number of hydrogen-bond acceptors (Lipinski definition) is 4. The van der Waals surface area contributed by atoms with Crippen molar-refractivity contribution in [2.75, 3.05) is 52.4 Å². The van der Waals surface area contributed by atoms with Gasteiger partial charge in [-0.15, -0.1) is 0 Å². The maximum atomic E-state index is 13.6. The molecule has 4 rings (SSSR count). The quantitative estimate of drug-likeness (QED) is 0.585. The van der Waals surface area contributed by atoms with Gasteiger partial charge < -0.3 is 19.5 Å². The highest BCUT2D eigenvalue weighted by molar-refractivity contribution is 5.83. The standard InChI is InChI=1S/C23H32FN5O2/c1-3-25-23(26-15-21-17(2)19-14-18(24)6-7-20(19)31-21)29-12-10-27(11-13-29)16-22(30)28-8-4-5-9-28/h6-7,14H,3-5,8-13,15-16H2,1-2H3,(H,25,26). The highest BCUT2D eigenvalue weighted by Crippen LogP contribution is 2.26. The molecule has 7 nitrogen and oxygen atoms in total. The lowest BCUT2D eigenvalue weighted by atomic mass is 10.1. The highest BCUT2D eigenvalue weighted by atomic mass is 19.1. The Hall–Kier alpha value is -2.61. The smallest absolute Gasteiger partial charge is 0.236 e. The number of piperazine rings is 1. The Bertz CT molecular complexity index is 943. The van der Waals surface area contributed by atoms with E-state index in [0.717, 1.165) is 81.3 Å². The second kappa shape index (κ2) is 9.68. The van der Waals surface area contributed by atoms with Crippen molar-refractivity contribution >= 4 is 22.8 Å². The molecular weight excluding hydrogens is 397 g/mol. The fraction of sp³-hybridized carbons (Fsp3) is 0.565. The van der Waals surface area contributed by atoms with E-state index < -0.39 is 0 Å². The Balaban J connectivity index is 1.37. The van der Waals surface area contributed by atoms with Gasteiger partial charge in [0.1, 0.15) is 23.7 Å². The lowest BCUT2D eigenvalue weighted by Gasteiger charge is -2.36. The molecule has 1 aromatic carbocycles. The number of nitrogens with zero attached hydrogens (tertiary/aromatic N) is 4. The summed E-state index contributed by atoms with van der Waals surface area (Å²) in [7, 11) is 0. The molecule has 0 radical (unpaired) electrons. The van der Waals surface area contributed by atoms with Gasteiger partial charge in [0.25, 0.3) is 0 Å². The predicted molar refractivity (Wildman–Crippen MR) is 120 cm³/mol. The molecule has 3 heterocycles. The van der Waals surface area contributed by atoms with Crippen LogP contribution in [0.2, 0.25) is 0 Å². The Morgan fingerprint density at radius 3 is 2.58 bits per heavy atom. The summed E-state index contributed by atoms with van der Waals surface area (Å²) in [6.07, 6.45) is 2.25. The molecule has 2 fully saturated rings. The number of furan rings is 1. The largest absolute Gasteiger partial charge is 0.459 e. The molecule has 168 valence electrons. The average molecular weight is 430 g/mol. The van der Waals surface area contributed by atoms with E-state index in [2.05, 4.69) is 22.0 Å². The first-order valence-corrected chi connectivity index (χ1v) is 11.3. The van der Waals surface area contributed by atoms with Gasteiger partial charge in [-0.1, -0.05) is 0 Å². The fourth-order valence-electron chi connectivity index (χ4n) is 4.34. The first kappa shape index (κ1) is 21.6. The highest BCUT2D eigenvalue weighted by Gasteiger charge is 2.24. The third kappa shape index (κ3) is 5.01. The normalized spacial score (nSPS) is 18.2. The molecule has 1 N–H and O–H groups in total. The third-order valence-corrected chi connectivity index (χ3v) is 6.19. The van der Waals surface area contributed by atoms with Crippen LogP contribution in [-0.2, 0) is 11.3 Å². The maximum Gasteiger partial charge on any atom is 0.236 e. The molecule has 0 unspecified atom stereocenters. The Morgan fingerprint density at radius 1 is 1.13 bits per heavy atom. The molecule has 0 aliphatic carbocycles. The number of aliphatic imine (C=N–C) groups is 1. The summed E-state index contributed by atoms with van der Waals surface area (Å²) in [4.78, 5) is 23.7. The van der Waals surface area contributed by atoms with Gasteiger partial charge in [-0.2, -0.15) is 0 Å². The summed E-state index contributed by atoms with van der Waals surface area (Å²) in [5.41, 5.74) is 1.62. The van der Waals surface area contributed by atoms with E-state index in [9.17, 15) is 9.18 Å². The molecule has 0 spiro atoms. The Kier molecular flexibility index (Phi) is 6.75. The lowest BCUT2D eigenvalue weighted by Crippen LogP contribution is -2.54. The van der Waals surface area contributed by atoms with E-state index in [1.165, 1.54) is 12.1 Å². The molecule has 2 aromatic rings. The van der Waals surface area contributed by atoms with E-state index in [1.807, 2.05) is 11.8 Å². The molecule has 1 aromatic heterocycles. The Labute approximate surface area is 182 Å². The van der Waals surface area contributed by atoms with E-state index in [0.29, 0.717) is 18.7 Å². The van der Waals surface area contributed by atoms with Crippen molar-refractivity contribution in [3.63, 3.8) is 0 Å². The number of rotatable bonds is 5. The number of benzene rings is 1. The van der Waals surface area contributed by atoms with Gasteiger partial charge in [-0.05, 0) is 44.9 Å². The molecular formula is C23H32FN5O2. The van der Waals surface area contributed by atoms with Crippen LogP contribution in [0.25, 0.3) is 11.0 Å². The second-order valence-electron chi connectivity index (χ2n) is 8.31. The number of hydrogen-bond donors (Lipinski definition) is 1. The number of fused-ring (bicyclic) bond motifs is 1. The fourth-order valence-corrected chi connectivity index (χ4v) is 4.34. The van der Waals surface area contributed by atoms with Crippen LogP contribution >= 0.6 is 0 Å². The van der Waals surface area contributed by atoms with Gasteiger partial charge in [0.15, 0.2) is 5.96 Å². The van der Waals surface area contributed by atoms with Crippen LogP contribution in [0.1, 0.15) is 31.1 Å². The number of halogens is 1. The van der Waals surface area contributed by atoms with E-state index in [1.54, 1.807) is 6.07 Å². The van der Waals surface area contributed by atoms with Gasteiger partial charge in [-0.3, -0.25) is 9.69 Å².